The van der Waals surface area contributed by atoms with Gasteiger partial charge in [0.15, 0.2) is 0 Å². The van der Waals surface area contributed by atoms with Gasteiger partial charge in [0.25, 0.3) is 5.79 Å². The highest BCUT2D eigenvalue weighted by Crippen LogP contribution is 2.45. The molecule has 1 aromatic heterocycles. The second kappa shape index (κ2) is 15.1. The first-order valence-electron chi connectivity index (χ1n) is 15.6. The minimum absolute atomic E-state index is 0.223. The number of fused-ring (bicyclic) bond motifs is 1. The minimum atomic E-state index is -1.94. The summed E-state index contributed by atoms with van der Waals surface area (Å²) in [5.41, 5.74) is 7.46. The fraction of sp³-hybridized carbons (Fsp3) is 0.211. The molecule has 2 heterocycles. The number of ether oxygens (including phenoxy) is 3. The molecule has 0 amide bonds. The normalized spacial score (nSPS) is 15.3. The van der Waals surface area contributed by atoms with Crippen LogP contribution in [0.1, 0.15) is 72.7 Å². The predicted molar refractivity (Wildman–Crippen MR) is 184 cm³/mol. The van der Waals surface area contributed by atoms with Gasteiger partial charge in [-0.3, -0.25) is 4.79 Å². The van der Waals surface area contributed by atoms with Crippen LogP contribution in [-0.2, 0) is 31.2 Å². The van der Waals surface area contributed by atoms with Gasteiger partial charge in [-0.25, -0.2) is 14.4 Å². The van der Waals surface area contributed by atoms with E-state index in [9.17, 15) is 24.3 Å². The summed E-state index contributed by atoms with van der Waals surface area (Å²) in [4.78, 5) is 46.8. The molecule has 5 aromatic rings. The lowest BCUT2D eigenvalue weighted by atomic mass is 9.87. The molecular weight excluding hydrogens is 644 g/mol. The number of carbonyl (C=O) groups is 4. The molecule has 0 radical (unpaired) electrons. The zero-order valence-electron chi connectivity index (χ0n) is 27.4. The van der Waals surface area contributed by atoms with Gasteiger partial charge in [-0.2, -0.15) is 8.75 Å². The van der Waals surface area contributed by atoms with Gasteiger partial charge in [-0.1, -0.05) is 42.5 Å². The molecule has 10 nitrogen and oxygen atoms in total. The second-order valence-electron chi connectivity index (χ2n) is 11.2. The molecule has 1 N–H and O–H groups in total. The molecule has 0 fully saturated rings. The standard InChI is InChI=1S/C28H24N2O5S.C10H10O3/c1-4-34-26(31)19-8-6-18(7-9-19)14-22-25(20-10-12-23-24(15-20)30-36-29-23)27(32)35-28(22,33)21-11-5-16(2)17(3)13-21;1-2-13-10(12)9-5-3-8(7-11)4-6-9/h5-13,15,33H,4,14H2,1-3H3;3-7H,2H2,1H3. The maximum Gasteiger partial charge on any atom is 0.342 e. The van der Waals surface area contributed by atoms with Crippen LogP contribution in [0.4, 0.5) is 0 Å². The van der Waals surface area contributed by atoms with E-state index in [4.69, 9.17) is 14.2 Å². The summed E-state index contributed by atoms with van der Waals surface area (Å²) >= 11 is 1.10. The lowest BCUT2D eigenvalue weighted by Gasteiger charge is -2.26. The topological polar surface area (TPSA) is 142 Å². The summed E-state index contributed by atoms with van der Waals surface area (Å²) in [6.07, 6.45) is 0.954. The van der Waals surface area contributed by atoms with Crippen LogP contribution in [0.2, 0.25) is 0 Å². The van der Waals surface area contributed by atoms with Crippen molar-refractivity contribution in [3.05, 3.63) is 135 Å². The van der Waals surface area contributed by atoms with E-state index in [0.717, 1.165) is 40.2 Å². The van der Waals surface area contributed by atoms with Gasteiger partial charge in [-0.15, -0.1) is 0 Å². The first-order chi connectivity index (χ1) is 23.6. The van der Waals surface area contributed by atoms with Crippen molar-refractivity contribution in [1.29, 1.82) is 0 Å². The monoisotopic (exact) mass is 678 g/mol. The van der Waals surface area contributed by atoms with Crippen molar-refractivity contribution in [3.8, 4) is 0 Å². The Morgan fingerprint density at radius 1 is 0.816 bits per heavy atom. The van der Waals surface area contributed by atoms with E-state index in [1.54, 1.807) is 86.6 Å². The van der Waals surface area contributed by atoms with E-state index < -0.39 is 17.7 Å². The number of nitrogens with zero attached hydrogens (tertiary/aromatic N) is 2. The fourth-order valence-electron chi connectivity index (χ4n) is 5.25. The van der Waals surface area contributed by atoms with Crippen LogP contribution in [0.15, 0.2) is 90.5 Å². The summed E-state index contributed by atoms with van der Waals surface area (Å²) in [7, 11) is 0. The third-order valence-electron chi connectivity index (χ3n) is 8.00. The van der Waals surface area contributed by atoms with E-state index in [1.807, 2.05) is 26.0 Å². The van der Waals surface area contributed by atoms with Crippen LogP contribution < -0.4 is 0 Å². The zero-order chi connectivity index (χ0) is 35.1. The molecule has 0 spiro atoms. The molecule has 1 unspecified atom stereocenters. The highest BCUT2D eigenvalue weighted by molar-refractivity contribution is 7.00. The van der Waals surface area contributed by atoms with Crippen LogP contribution in [0.3, 0.4) is 0 Å². The molecule has 0 aliphatic carbocycles. The highest BCUT2D eigenvalue weighted by atomic mass is 32.1. The molecule has 4 aromatic carbocycles. The Morgan fingerprint density at radius 2 is 1.43 bits per heavy atom. The lowest BCUT2D eigenvalue weighted by Crippen LogP contribution is -2.30. The maximum atomic E-state index is 13.3. The molecule has 1 aliphatic rings. The number of esters is 3. The number of cyclic esters (lactones) is 1. The number of aldehydes is 1. The zero-order valence-corrected chi connectivity index (χ0v) is 28.2. The van der Waals surface area contributed by atoms with E-state index >= 15 is 0 Å². The Kier molecular flexibility index (Phi) is 10.8. The van der Waals surface area contributed by atoms with Crippen LogP contribution in [0.5, 0.6) is 0 Å². The molecule has 11 heteroatoms. The van der Waals surface area contributed by atoms with Crippen molar-refractivity contribution < 1.29 is 38.5 Å². The summed E-state index contributed by atoms with van der Waals surface area (Å²) in [5.74, 6) is -3.32. The van der Waals surface area contributed by atoms with Gasteiger partial charge in [0.2, 0.25) is 0 Å². The fourth-order valence-corrected chi connectivity index (χ4v) is 5.77. The molecular formula is C38H34N2O8S. The van der Waals surface area contributed by atoms with Gasteiger partial charge in [-0.05, 0) is 92.4 Å². The highest BCUT2D eigenvalue weighted by Gasteiger charge is 2.48. The number of aryl methyl sites for hydroxylation is 2. The Bertz CT molecular complexity index is 2050. The van der Waals surface area contributed by atoms with Gasteiger partial charge in [0.05, 0.1) is 41.6 Å². The average Bonchev–Trinajstić information content (AvgIpc) is 3.68. The lowest BCUT2D eigenvalue weighted by molar-refractivity contribution is -0.185. The number of carbonyl (C=O) groups excluding carboxylic acids is 4. The third kappa shape index (κ3) is 7.64. The van der Waals surface area contributed by atoms with E-state index in [2.05, 4.69) is 8.75 Å². The van der Waals surface area contributed by atoms with E-state index in [1.165, 1.54) is 0 Å². The third-order valence-corrected chi connectivity index (χ3v) is 8.56. The second-order valence-corrected chi connectivity index (χ2v) is 11.7. The number of aromatic nitrogens is 2. The van der Waals surface area contributed by atoms with Crippen molar-refractivity contribution in [2.45, 2.75) is 39.9 Å². The quantitative estimate of drug-likeness (QED) is 0.103. The van der Waals surface area contributed by atoms with Gasteiger partial charge in [0, 0.05) is 23.1 Å². The van der Waals surface area contributed by atoms with Crippen LogP contribution in [-0.4, -0.2) is 51.3 Å². The van der Waals surface area contributed by atoms with Gasteiger partial charge >= 0.3 is 17.9 Å². The SMILES string of the molecule is CCOC(=O)c1ccc(C=O)cc1.CCOC(=O)c1ccc(CC2=C(c3ccc4nsnc4c3)C(=O)OC2(O)c2ccc(C)c(C)c2)cc1. The van der Waals surface area contributed by atoms with Crippen LogP contribution >= 0.6 is 11.7 Å². The van der Waals surface area contributed by atoms with E-state index in [0.29, 0.717) is 51.1 Å². The molecule has 6 rings (SSSR count). The molecule has 49 heavy (non-hydrogen) atoms. The van der Waals surface area contributed by atoms with Crippen molar-refractivity contribution in [2.75, 3.05) is 13.2 Å². The molecule has 0 saturated heterocycles. The van der Waals surface area contributed by atoms with Crippen LogP contribution in [0.25, 0.3) is 16.6 Å². The Balaban J connectivity index is 0.000000304. The smallest absolute Gasteiger partial charge is 0.342 e. The molecule has 1 aliphatic heterocycles. The summed E-state index contributed by atoms with van der Waals surface area (Å²) in [6, 6.07) is 24.1. The Morgan fingerprint density at radius 3 is 2.02 bits per heavy atom. The van der Waals surface area contributed by atoms with Gasteiger partial charge < -0.3 is 19.3 Å². The molecule has 250 valence electrons. The number of aliphatic hydroxyl groups is 1. The first kappa shape index (κ1) is 34.8. The number of hydrogen-bond acceptors (Lipinski definition) is 11. The average molecular weight is 679 g/mol. The van der Waals surface area contributed by atoms with Crippen molar-refractivity contribution in [3.63, 3.8) is 0 Å². The summed E-state index contributed by atoms with van der Waals surface area (Å²) in [6.45, 7) is 8.07. The Labute approximate surface area is 287 Å². The summed E-state index contributed by atoms with van der Waals surface area (Å²) in [5, 5.41) is 11.9. The number of benzene rings is 4. The van der Waals surface area contributed by atoms with Crippen molar-refractivity contribution >= 4 is 52.5 Å². The number of hydrogen-bond donors (Lipinski definition) is 1. The van der Waals surface area contributed by atoms with Gasteiger partial charge in [0.1, 0.15) is 17.3 Å². The molecule has 1 atom stereocenters. The molecule has 0 bridgehead atoms. The van der Waals surface area contributed by atoms with Crippen molar-refractivity contribution in [2.24, 2.45) is 0 Å². The largest absolute Gasteiger partial charge is 0.462 e. The minimum Gasteiger partial charge on any atom is -0.462 e. The first-order valence-corrected chi connectivity index (χ1v) is 16.3. The molecule has 0 saturated carbocycles. The van der Waals surface area contributed by atoms with E-state index in [-0.39, 0.29) is 19.0 Å². The maximum absolute atomic E-state index is 13.3. The number of rotatable bonds is 9. The Hall–Kier alpha value is -5.52. The predicted octanol–water partition coefficient (Wildman–Crippen LogP) is 6.56. The summed E-state index contributed by atoms with van der Waals surface area (Å²) < 4.78 is 24.1. The van der Waals surface area contributed by atoms with Crippen molar-refractivity contribution in [1.82, 2.24) is 8.75 Å². The van der Waals surface area contributed by atoms with Crippen LogP contribution in [0, 0.1) is 13.8 Å².